The number of aromatic nitrogens is 1. The summed E-state index contributed by atoms with van der Waals surface area (Å²) in [5.41, 5.74) is 3.86. The van der Waals surface area contributed by atoms with Gasteiger partial charge in [-0.15, -0.1) is 0 Å². The summed E-state index contributed by atoms with van der Waals surface area (Å²) in [4.78, 5) is 16.5. The highest BCUT2D eigenvalue weighted by atomic mass is 16.6. The first-order valence-electron chi connectivity index (χ1n) is 4.80. The molecule has 0 aromatic carbocycles. The third-order valence-electron chi connectivity index (χ3n) is 2.12. The van der Waals surface area contributed by atoms with Crippen molar-refractivity contribution < 1.29 is 9.63 Å². The summed E-state index contributed by atoms with van der Waals surface area (Å²) in [6.45, 7) is 2.27. The van der Waals surface area contributed by atoms with Crippen LogP contribution in [0.15, 0.2) is 36.7 Å². The molecule has 0 saturated carbocycles. The van der Waals surface area contributed by atoms with Crippen LogP contribution in [-0.4, -0.2) is 16.9 Å². The Morgan fingerprint density at radius 3 is 2.87 bits per heavy atom. The van der Waals surface area contributed by atoms with Gasteiger partial charge in [-0.05, 0) is 31.2 Å². The van der Waals surface area contributed by atoms with E-state index in [9.17, 15) is 4.79 Å². The molecule has 2 heterocycles. The molecule has 0 bridgehead atoms. The molecule has 1 N–H and O–H groups in total. The number of carbonyl (C=O) groups is 1. The lowest BCUT2D eigenvalue weighted by Crippen LogP contribution is -2.24. The number of hydroxylamine groups is 1. The first-order chi connectivity index (χ1) is 7.33. The van der Waals surface area contributed by atoms with Gasteiger partial charge in [-0.25, -0.2) is 5.48 Å². The molecule has 4 nitrogen and oxygen atoms in total. The number of nitrogens with one attached hydrogen (secondary N) is 1. The number of hydrogen-bond donors (Lipinski definition) is 1. The lowest BCUT2D eigenvalue weighted by atomic mass is 10.2. The zero-order chi connectivity index (χ0) is 10.7. The van der Waals surface area contributed by atoms with E-state index >= 15 is 0 Å². The number of pyridine rings is 1. The van der Waals surface area contributed by atoms with Crippen LogP contribution in [0.3, 0.4) is 0 Å². The molecule has 1 amide bonds. The van der Waals surface area contributed by atoms with E-state index in [0.29, 0.717) is 12.2 Å². The Morgan fingerprint density at radius 2 is 2.13 bits per heavy atom. The maximum Gasteiger partial charge on any atom is 0.276 e. The van der Waals surface area contributed by atoms with Crippen molar-refractivity contribution in [2.45, 2.75) is 6.92 Å². The average Bonchev–Trinajstić information content (AvgIpc) is 2.73. The van der Waals surface area contributed by atoms with Crippen LogP contribution in [0.4, 0.5) is 0 Å². The van der Waals surface area contributed by atoms with E-state index in [4.69, 9.17) is 4.84 Å². The fraction of sp³-hybridized carbons (Fsp3) is 0.182. The third-order valence-corrected chi connectivity index (χ3v) is 2.12. The Morgan fingerprint density at radius 1 is 1.40 bits per heavy atom. The highest BCUT2D eigenvalue weighted by Crippen LogP contribution is 2.11. The summed E-state index contributed by atoms with van der Waals surface area (Å²) in [7, 11) is 0. The van der Waals surface area contributed by atoms with Crippen LogP contribution in [0, 0.1) is 0 Å². The van der Waals surface area contributed by atoms with Crippen molar-refractivity contribution >= 4 is 11.4 Å². The SMILES string of the molecule is CCONC(=O)c1cccn2cccc12. The monoisotopic (exact) mass is 204 g/mol. The van der Waals surface area contributed by atoms with Crippen molar-refractivity contribution in [2.75, 3.05) is 6.61 Å². The molecule has 0 unspecified atom stereocenters. The van der Waals surface area contributed by atoms with E-state index in [2.05, 4.69) is 5.48 Å². The molecular formula is C11H12N2O2. The molecule has 0 saturated heterocycles. The standard InChI is InChI=1S/C11H12N2O2/c1-2-15-12-11(14)9-5-3-7-13-8-4-6-10(9)13/h3-8H,2H2,1H3,(H,12,14). The maximum absolute atomic E-state index is 11.7. The number of hydrogen-bond acceptors (Lipinski definition) is 2. The lowest BCUT2D eigenvalue weighted by Gasteiger charge is -2.05. The second kappa shape index (κ2) is 4.14. The van der Waals surface area contributed by atoms with Crippen LogP contribution in [-0.2, 0) is 4.84 Å². The molecule has 2 rings (SSSR count). The van der Waals surface area contributed by atoms with Crippen molar-refractivity contribution in [1.82, 2.24) is 9.88 Å². The summed E-state index contributed by atoms with van der Waals surface area (Å²) in [6.07, 6.45) is 3.79. The van der Waals surface area contributed by atoms with Crippen LogP contribution in [0.25, 0.3) is 5.52 Å². The van der Waals surface area contributed by atoms with E-state index in [1.54, 1.807) is 6.07 Å². The number of nitrogens with zero attached hydrogens (tertiary/aromatic N) is 1. The van der Waals surface area contributed by atoms with Crippen molar-refractivity contribution in [1.29, 1.82) is 0 Å². The molecule has 0 fully saturated rings. The molecule has 0 aliphatic rings. The predicted molar refractivity (Wildman–Crippen MR) is 56.5 cm³/mol. The summed E-state index contributed by atoms with van der Waals surface area (Å²) >= 11 is 0. The van der Waals surface area contributed by atoms with Gasteiger partial charge >= 0.3 is 0 Å². The fourth-order valence-corrected chi connectivity index (χ4v) is 1.45. The molecular weight excluding hydrogens is 192 g/mol. The predicted octanol–water partition coefficient (Wildman–Crippen LogP) is 1.62. The Kier molecular flexibility index (Phi) is 2.69. The first-order valence-corrected chi connectivity index (χ1v) is 4.80. The van der Waals surface area contributed by atoms with Crippen LogP contribution in [0.1, 0.15) is 17.3 Å². The van der Waals surface area contributed by atoms with Crippen molar-refractivity contribution in [3.8, 4) is 0 Å². The van der Waals surface area contributed by atoms with E-state index in [-0.39, 0.29) is 5.91 Å². The van der Waals surface area contributed by atoms with Gasteiger partial charge < -0.3 is 4.40 Å². The van der Waals surface area contributed by atoms with Crippen LogP contribution >= 0.6 is 0 Å². The third kappa shape index (κ3) is 1.85. The van der Waals surface area contributed by atoms with Gasteiger partial charge in [-0.2, -0.15) is 0 Å². The number of rotatable bonds is 3. The normalized spacial score (nSPS) is 10.5. The van der Waals surface area contributed by atoms with Gasteiger partial charge in [0.25, 0.3) is 5.91 Å². The van der Waals surface area contributed by atoms with Gasteiger partial charge in [0.05, 0.1) is 17.7 Å². The van der Waals surface area contributed by atoms with Crippen LogP contribution in [0.2, 0.25) is 0 Å². The van der Waals surface area contributed by atoms with Gasteiger partial charge in [0.1, 0.15) is 0 Å². The van der Waals surface area contributed by atoms with Crippen molar-refractivity contribution in [2.24, 2.45) is 0 Å². The second-order valence-corrected chi connectivity index (χ2v) is 3.09. The molecule has 0 atom stereocenters. The highest BCUT2D eigenvalue weighted by Gasteiger charge is 2.08. The minimum absolute atomic E-state index is 0.221. The van der Waals surface area contributed by atoms with Gasteiger partial charge in [-0.1, -0.05) is 0 Å². The summed E-state index contributed by atoms with van der Waals surface area (Å²) in [5, 5.41) is 0. The van der Waals surface area contributed by atoms with Crippen LogP contribution in [0.5, 0.6) is 0 Å². The number of fused-ring (bicyclic) bond motifs is 1. The summed E-state index contributed by atoms with van der Waals surface area (Å²) in [5.74, 6) is -0.221. The first kappa shape index (κ1) is 9.73. The zero-order valence-electron chi connectivity index (χ0n) is 8.43. The van der Waals surface area contributed by atoms with Gasteiger partial charge in [-0.3, -0.25) is 9.63 Å². The summed E-state index contributed by atoms with van der Waals surface area (Å²) < 4.78 is 1.89. The second-order valence-electron chi connectivity index (χ2n) is 3.09. The molecule has 0 aliphatic carbocycles. The molecule has 15 heavy (non-hydrogen) atoms. The highest BCUT2D eigenvalue weighted by molar-refractivity contribution is 6.00. The number of amides is 1. The fourth-order valence-electron chi connectivity index (χ4n) is 1.45. The Balaban J connectivity index is 2.34. The lowest BCUT2D eigenvalue weighted by molar-refractivity contribution is 0.0366. The molecule has 2 aromatic rings. The van der Waals surface area contributed by atoms with E-state index < -0.39 is 0 Å². The minimum atomic E-state index is -0.221. The zero-order valence-corrected chi connectivity index (χ0v) is 8.43. The van der Waals surface area contributed by atoms with E-state index in [0.717, 1.165) is 5.52 Å². The quantitative estimate of drug-likeness (QED) is 0.772. The summed E-state index contributed by atoms with van der Waals surface area (Å²) in [6, 6.07) is 7.38. The smallest absolute Gasteiger partial charge is 0.276 e. The molecule has 0 spiro atoms. The Labute approximate surface area is 87.4 Å². The van der Waals surface area contributed by atoms with Gasteiger partial charge in [0.15, 0.2) is 0 Å². The maximum atomic E-state index is 11.7. The largest absolute Gasteiger partial charge is 0.323 e. The minimum Gasteiger partial charge on any atom is -0.323 e. The Hall–Kier alpha value is -1.81. The van der Waals surface area contributed by atoms with Gasteiger partial charge in [0, 0.05) is 12.4 Å². The van der Waals surface area contributed by atoms with Crippen LogP contribution < -0.4 is 5.48 Å². The topological polar surface area (TPSA) is 42.7 Å². The molecule has 2 aromatic heterocycles. The molecule has 0 radical (unpaired) electrons. The van der Waals surface area contributed by atoms with Gasteiger partial charge in [0.2, 0.25) is 0 Å². The molecule has 4 heteroatoms. The van der Waals surface area contributed by atoms with E-state index in [1.807, 2.05) is 41.9 Å². The Bertz CT molecular complexity index is 476. The van der Waals surface area contributed by atoms with Crippen molar-refractivity contribution in [3.63, 3.8) is 0 Å². The van der Waals surface area contributed by atoms with Crippen molar-refractivity contribution in [3.05, 3.63) is 42.2 Å². The van der Waals surface area contributed by atoms with E-state index in [1.165, 1.54) is 0 Å². The average molecular weight is 204 g/mol. The molecule has 78 valence electrons. The number of carbonyl (C=O) groups excluding carboxylic acids is 1. The molecule has 0 aliphatic heterocycles.